The first-order valence-corrected chi connectivity index (χ1v) is 4.91. The van der Waals surface area contributed by atoms with Crippen LogP contribution in [0.15, 0.2) is 0 Å². The molecule has 67 valence electrons. The van der Waals surface area contributed by atoms with Crippen molar-refractivity contribution in [3.05, 3.63) is 0 Å². The van der Waals surface area contributed by atoms with Crippen molar-refractivity contribution in [1.82, 2.24) is 6.15 Å². The normalized spacial score (nSPS) is 9.27. The van der Waals surface area contributed by atoms with Crippen LogP contribution >= 0.6 is 0 Å². The Morgan fingerprint density at radius 2 is 0.818 bits per heavy atom. The molecule has 0 aromatic heterocycles. The van der Waals surface area contributed by atoms with Gasteiger partial charge in [-0.15, -0.1) is 0 Å². The van der Waals surface area contributed by atoms with Gasteiger partial charge in [0.1, 0.15) is 0 Å². The Kier molecular flexibility index (Phi) is 15.5. The third-order valence-electron chi connectivity index (χ3n) is 1.96. The second-order valence-electron chi connectivity index (χ2n) is 3.12. The van der Waals surface area contributed by atoms with Crippen LogP contribution in [0.25, 0.3) is 0 Å². The van der Waals surface area contributed by atoms with Crippen LogP contribution < -0.4 is 6.15 Å². The summed E-state index contributed by atoms with van der Waals surface area (Å²) in [7, 11) is 0. The van der Waals surface area contributed by atoms with Crippen molar-refractivity contribution in [3.8, 4) is 0 Å². The lowest BCUT2D eigenvalue weighted by Crippen LogP contribution is -1.77. The predicted octanol–water partition coefficient (Wildman–Crippen LogP) is 3.67. The van der Waals surface area contributed by atoms with Gasteiger partial charge in [0.15, 0.2) is 0 Å². The fourth-order valence-corrected chi connectivity index (χ4v) is 1.21. The van der Waals surface area contributed by atoms with Gasteiger partial charge in [-0.25, -0.2) is 0 Å². The number of hydrogen-bond donors (Lipinski definition) is 0. The molecule has 0 spiro atoms. The fourth-order valence-electron chi connectivity index (χ4n) is 1.21. The average Bonchev–Trinajstić information content (AvgIpc) is 1.97. The van der Waals surface area contributed by atoms with Crippen molar-refractivity contribution in [2.45, 2.75) is 65.2 Å². The molecule has 0 saturated heterocycles. The summed E-state index contributed by atoms with van der Waals surface area (Å²) < 4.78 is 0. The zero-order chi connectivity index (χ0) is 7.66. The Labute approximate surface area is 72.2 Å². The lowest BCUT2D eigenvalue weighted by Gasteiger charge is -1.97. The fraction of sp³-hybridized carbons (Fsp3) is 1.00. The Morgan fingerprint density at radius 1 is 0.545 bits per heavy atom. The van der Waals surface area contributed by atoms with Crippen molar-refractivity contribution >= 4 is 0 Å². The highest BCUT2D eigenvalue weighted by molar-refractivity contribution is 4.43. The molecular weight excluding hydrogens is 134 g/mol. The van der Waals surface area contributed by atoms with Gasteiger partial charge in [-0.3, -0.25) is 0 Å². The number of rotatable bonds is 7. The Balaban J connectivity index is 0. The quantitative estimate of drug-likeness (QED) is 0.504. The summed E-state index contributed by atoms with van der Waals surface area (Å²) >= 11 is 0. The van der Waals surface area contributed by atoms with Gasteiger partial charge in [0.25, 0.3) is 0 Å². The second kappa shape index (κ2) is 12.6. The van der Waals surface area contributed by atoms with E-state index in [2.05, 4.69) is 13.8 Å². The van der Waals surface area contributed by atoms with Gasteiger partial charge in [-0.05, 0) is 0 Å². The van der Waals surface area contributed by atoms with E-state index in [0.29, 0.717) is 0 Å². The minimum Gasteiger partial charge on any atom is -0.0654 e. The first-order valence-electron chi connectivity index (χ1n) is 4.91. The topological polar surface area (TPSA) is 30.5 Å². The molecule has 0 unspecified atom stereocenters. The second-order valence-corrected chi connectivity index (χ2v) is 3.12. The summed E-state index contributed by atoms with van der Waals surface area (Å²) in [5.74, 6) is 0. The van der Waals surface area contributed by atoms with Crippen molar-refractivity contribution < 1.29 is 0 Å². The van der Waals surface area contributed by atoms with Crippen LogP contribution in [0.4, 0.5) is 0 Å². The maximum atomic E-state index is 2.27. The Hall–Kier alpha value is -0.0400. The molecule has 1 nitrogen and oxygen atoms in total. The molecule has 0 rings (SSSR count). The van der Waals surface area contributed by atoms with Crippen LogP contribution in [0.1, 0.15) is 65.2 Å². The summed E-state index contributed by atoms with van der Waals surface area (Å²) in [4.78, 5) is 0. The first-order chi connectivity index (χ1) is 4.91. The third kappa shape index (κ3) is 13.0. The maximum absolute atomic E-state index is 2.27. The Morgan fingerprint density at radius 3 is 1.09 bits per heavy atom. The van der Waals surface area contributed by atoms with Crippen LogP contribution in [0.2, 0.25) is 0 Å². The van der Waals surface area contributed by atoms with Gasteiger partial charge >= 0.3 is 0 Å². The lowest BCUT2D eigenvalue weighted by molar-refractivity contribution is 0.585. The van der Waals surface area contributed by atoms with Gasteiger partial charge in [0.05, 0.1) is 0 Å². The van der Waals surface area contributed by atoms with Crippen LogP contribution in [0, 0.1) is 0 Å². The molecule has 0 atom stereocenters. The van der Waals surface area contributed by atoms with Crippen molar-refractivity contribution in [2.75, 3.05) is 0 Å². The predicted molar refractivity (Wildman–Crippen MR) is 50.4 cm³/mol. The van der Waals surface area contributed by atoms with Gasteiger partial charge < -0.3 is 0 Å². The highest BCUT2D eigenvalue weighted by Crippen LogP contribution is 2.07. The van der Waals surface area contributed by atoms with Gasteiger partial charge in [0, 0.05) is 6.15 Å². The summed E-state index contributed by atoms with van der Waals surface area (Å²) in [6, 6.07) is 0. The first kappa shape index (κ1) is 13.5. The minimum atomic E-state index is 0. The van der Waals surface area contributed by atoms with E-state index in [1.165, 1.54) is 51.4 Å². The van der Waals surface area contributed by atoms with Gasteiger partial charge in [0.2, 0.25) is 0 Å². The number of hydrogen-bond acceptors (Lipinski definition) is 0. The van der Waals surface area contributed by atoms with Crippen LogP contribution in [-0.4, -0.2) is 0 Å². The molecule has 0 heterocycles. The molecule has 0 N–H and O–H groups in total. The molecule has 1 heteroatoms. The van der Waals surface area contributed by atoms with E-state index in [-0.39, 0.29) is 6.15 Å². The van der Waals surface area contributed by atoms with E-state index in [4.69, 9.17) is 0 Å². The maximum Gasteiger partial charge on any atom is 0 e. The average molecular weight is 156 g/mol. The molecule has 0 bridgehead atoms. The molecule has 0 aromatic rings. The monoisotopic (exact) mass is 156 g/mol. The van der Waals surface area contributed by atoms with E-state index in [1.807, 2.05) is 0 Å². The zero-order valence-corrected chi connectivity index (χ0v) is 8.10. The molecule has 0 amide bonds. The molecule has 0 fully saturated rings. The van der Waals surface area contributed by atoms with E-state index in [1.54, 1.807) is 0 Å². The Bertz CT molecular complexity index is 44.8. The molecule has 0 aliphatic rings. The van der Waals surface area contributed by atoms with Gasteiger partial charge in [-0.2, -0.15) is 0 Å². The van der Waals surface area contributed by atoms with E-state index < -0.39 is 0 Å². The standard InChI is InChI=1S/C10H22.N/c1-3-5-7-9-10-8-6-4-2;/h3-10H2,1-2H3;. The highest BCUT2D eigenvalue weighted by Gasteiger charge is 1.87. The van der Waals surface area contributed by atoms with Crippen molar-refractivity contribution in [3.63, 3.8) is 0 Å². The highest BCUT2D eigenvalue weighted by atomic mass is 14.0. The SMILES string of the molecule is CCCCCCCCCC.[N]. The van der Waals surface area contributed by atoms with E-state index in [0.717, 1.165) is 0 Å². The zero-order valence-electron chi connectivity index (χ0n) is 8.10. The van der Waals surface area contributed by atoms with E-state index in [9.17, 15) is 0 Å². The molecule has 0 saturated carbocycles. The summed E-state index contributed by atoms with van der Waals surface area (Å²) in [5, 5.41) is 0. The van der Waals surface area contributed by atoms with Crippen LogP contribution in [-0.2, 0) is 0 Å². The van der Waals surface area contributed by atoms with Crippen molar-refractivity contribution in [2.24, 2.45) is 0 Å². The van der Waals surface area contributed by atoms with Crippen molar-refractivity contribution in [1.29, 1.82) is 0 Å². The largest absolute Gasteiger partial charge is 0.0654 e. The third-order valence-corrected chi connectivity index (χ3v) is 1.96. The van der Waals surface area contributed by atoms with Gasteiger partial charge in [-0.1, -0.05) is 65.2 Å². The smallest absolute Gasteiger partial charge is 0 e. The van der Waals surface area contributed by atoms with Crippen LogP contribution in [0.5, 0.6) is 0 Å². The van der Waals surface area contributed by atoms with E-state index >= 15 is 0 Å². The molecule has 0 aliphatic carbocycles. The molecule has 0 aliphatic heterocycles. The molecule has 11 heavy (non-hydrogen) atoms. The minimum absolute atomic E-state index is 0. The lowest BCUT2D eigenvalue weighted by atomic mass is 10.1. The molecule has 3 radical (unpaired) electrons. The number of unbranched alkanes of at least 4 members (excludes halogenated alkanes) is 7. The molecule has 0 aromatic carbocycles. The molecular formula is C10H22N. The number of nitrogens with zero attached hydrogens (tertiary/aromatic N) is 1. The summed E-state index contributed by atoms with van der Waals surface area (Å²) in [6.45, 7) is 4.54. The summed E-state index contributed by atoms with van der Waals surface area (Å²) in [6.07, 6.45) is 11.5. The summed E-state index contributed by atoms with van der Waals surface area (Å²) in [5.41, 5.74) is 0. The van der Waals surface area contributed by atoms with Crippen LogP contribution in [0.3, 0.4) is 0 Å².